The van der Waals surface area contributed by atoms with Gasteiger partial charge in [0, 0.05) is 0 Å². The maximum Gasteiger partial charge on any atom is 0.408 e. The number of nitrogens with one attached hydrogen (secondary N) is 2. The fourth-order valence-electron chi connectivity index (χ4n) is 2.99. The predicted molar refractivity (Wildman–Crippen MR) is 119 cm³/mol. The first-order valence-corrected chi connectivity index (χ1v) is 10.9. The molecule has 0 aromatic heterocycles. The molecule has 188 valence electrons. The van der Waals surface area contributed by atoms with E-state index >= 15 is 0 Å². The van der Waals surface area contributed by atoms with Gasteiger partial charge in [-0.1, -0.05) is 44.2 Å². The van der Waals surface area contributed by atoms with Gasteiger partial charge >= 0.3 is 24.0 Å². The fourth-order valence-corrected chi connectivity index (χ4v) is 2.99. The van der Waals surface area contributed by atoms with Crippen molar-refractivity contribution in [3.8, 4) is 0 Å². The molecule has 11 heteroatoms. The lowest BCUT2D eigenvalue weighted by Crippen LogP contribution is -2.57. The summed E-state index contributed by atoms with van der Waals surface area (Å²) in [6.07, 6.45) is -1.49. The number of alkyl carbamates (subject to hydrolysis) is 1. The normalized spacial score (nSPS) is 13.2. The van der Waals surface area contributed by atoms with Gasteiger partial charge in [-0.2, -0.15) is 0 Å². The van der Waals surface area contributed by atoms with E-state index < -0.39 is 60.2 Å². The number of amides is 2. The van der Waals surface area contributed by atoms with Crippen molar-refractivity contribution in [2.75, 3.05) is 13.2 Å². The van der Waals surface area contributed by atoms with Crippen LogP contribution in [-0.4, -0.2) is 60.3 Å². The third kappa shape index (κ3) is 9.47. The zero-order valence-corrected chi connectivity index (χ0v) is 19.7. The monoisotopic (exact) mass is 480 g/mol. The van der Waals surface area contributed by atoms with Gasteiger partial charge in [-0.15, -0.1) is 0 Å². The van der Waals surface area contributed by atoms with Crippen molar-refractivity contribution in [2.45, 2.75) is 52.8 Å². The quantitative estimate of drug-likeness (QED) is 0.282. The Morgan fingerprint density at radius 3 is 2.03 bits per heavy atom. The Morgan fingerprint density at radius 2 is 1.50 bits per heavy atom. The number of carboxylic acids is 1. The first-order chi connectivity index (χ1) is 16.1. The van der Waals surface area contributed by atoms with Gasteiger partial charge in [-0.3, -0.25) is 14.4 Å². The van der Waals surface area contributed by atoms with Crippen LogP contribution in [0.5, 0.6) is 0 Å². The molecule has 1 rings (SSSR count). The maximum absolute atomic E-state index is 12.9. The minimum Gasteiger partial charge on any atom is -0.480 e. The van der Waals surface area contributed by atoms with Crippen molar-refractivity contribution in [1.29, 1.82) is 0 Å². The lowest BCUT2D eigenvalue weighted by molar-refractivity contribution is -0.160. The van der Waals surface area contributed by atoms with Crippen LogP contribution < -0.4 is 10.6 Å². The van der Waals surface area contributed by atoms with Crippen molar-refractivity contribution in [3.63, 3.8) is 0 Å². The molecule has 1 aromatic rings. The van der Waals surface area contributed by atoms with Crippen LogP contribution in [0, 0.1) is 11.8 Å². The summed E-state index contributed by atoms with van der Waals surface area (Å²) in [5.41, 5.74) is 0.741. The van der Waals surface area contributed by atoms with E-state index in [9.17, 15) is 29.1 Å². The fraction of sp³-hybridized carbons (Fsp3) is 0.522. The summed E-state index contributed by atoms with van der Waals surface area (Å²) in [6.45, 7) is 6.31. The minimum absolute atomic E-state index is 0.0265. The molecular formula is C23H32N2O9. The Hall–Kier alpha value is -3.63. The molecule has 0 aliphatic carbocycles. The average molecular weight is 481 g/mol. The van der Waals surface area contributed by atoms with E-state index in [4.69, 9.17) is 14.2 Å². The molecule has 0 bridgehead atoms. The van der Waals surface area contributed by atoms with Gasteiger partial charge < -0.3 is 30.0 Å². The second-order valence-corrected chi connectivity index (χ2v) is 7.62. The van der Waals surface area contributed by atoms with Gasteiger partial charge in [0.25, 0.3) is 0 Å². The third-order valence-corrected chi connectivity index (χ3v) is 4.68. The van der Waals surface area contributed by atoms with Crippen LogP contribution in [-0.2, 0) is 40.0 Å². The number of rotatable bonds is 13. The lowest BCUT2D eigenvalue weighted by Gasteiger charge is -2.27. The molecule has 0 unspecified atom stereocenters. The van der Waals surface area contributed by atoms with E-state index in [0.29, 0.717) is 0 Å². The average Bonchev–Trinajstić information content (AvgIpc) is 2.78. The molecule has 0 spiro atoms. The third-order valence-electron chi connectivity index (χ3n) is 4.68. The lowest BCUT2D eigenvalue weighted by atomic mass is 9.94. The summed E-state index contributed by atoms with van der Waals surface area (Å²) in [7, 11) is 0. The Bertz CT molecular complexity index is 842. The number of hydrogen-bond donors (Lipinski definition) is 3. The van der Waals surface area contributed by atoms with Gasteiger partial charge in [0.1, 0.15) is 18.7 Å². The zero-order chi connectivity index (χ0) is 25.7. The zero-order valence-electron chi connectivity index (χ0n) is 19.7. The molecular weight excluding hydrogens is 448 g/mol. The highest BCUT2D eigenvalue weighted by Gasteiger charge is 2.40. The standard InChI is InChI=1S/C23H32N2O9/c1-5-32-17(26)12-16(22(30)33-6-2)19(21(28)29)24-20(27)18(14(3)4)25-23(31)34-13-15-10-8-7-9-11-15/h7-11,14,16,18-19H,5-6,12-13H2,1-4H3,(H,24,27)(H,25,31)(H,28,29)/t16-,18-,19-/m1/s1. The predicted octanol–water partition coefficient (Wildman–Crippen LogP) is 1.64. The van der Waals surface area contributed by atoms with Crippen LogP contribution in [0.4, 0.5) is 4.79 Å². The molecule has 0 aliphatic rings. The molecule has 34 heavy (non-hydrogen) atoms. The largest absolute Gasteiger partial charge is 0.480 e. The number of carbonyl (C=O) groups excluding carboxylic acids is 4. The number of carbonyl (C=O) groups is 5. The van der Waals surface area contributed by atoms with Gasteiger partial charge in [-0.25, -0.2) is 9.59 Å². The first kappa shape index (κ1) is 28.4. The number of ether oxygens (including phenoxy) is 3. The second kappa shape index (κ2) is 14.5. The summed E-state index contributed by atoms with van der Waals surface area (Å²) in [5, 5.41) is 14.3. The van der Waals surface area contributed by atoms with Crippen molar-refractivity contribution < 1.29 is 43.3 Å². The Balaban J connectivity index is 2.95. The van der Waals surface area contributed by atoms with Crippen LogP contribution in [0.2, 0.25) is 0 Å². The number of benzene rings is 1. The van der Waals surface area contributed by atoms with Gasteiger partial charge in [0.05, 0.1) is 25.6 Å². The molecule has 11 nitrogen and oxygen atoms in total. The van der Waals surface area contributed by atoms with Crippen molar-refractivity contribution in [2.24, 2.45) is 11.8 Å². The van der Waals surface area contributed by atoms with Crippen LogP contribution in [0.15, 0.2) is 30.3 Å². The Kier molecular flexibility index (Phi) is 12.1. The molecule has 0 saturated heterocycles. The summed E-state index contributed by atoms with van der Waals surface area (Å²) >= 11 is 0. The summed E-state index contributed by atoms with van der Waals surface area (Å²) in [4.78, 5) is 61.4. The van der Waals surface area contributed by atoms with E-state index in [2.05, 4.69) is 10.6 Å². The molecule has 3 N–H and O–H groups in total. The number of aliphatic carboxylic acids is 1. The molecule has 0 fully saturated rings. The van der Waals surface area contributed by atoms with Gasteiger partial charge in [0.15, 0.2) is 0 Å². The number of carboxylic acid groups (broad SMARTS) is 1. The highest BCUT2D eigenvalue weighted by atomic mass is 16.6. The molecule has 0 aliphatic heterocycles. The number of esters is 2. The minimum atomic E-state index is -1.79. The van der Waals surface area contributed by atoms with E-state index in [1.165, 1.54) is 6.92 Å². The van der Waals surface area contributed by atoms with E-state index in [0.717, 1.165) is 5.56 Å². The summed E-state index contributed by atoms with van der Waals surface area (Å²) in [6, 6.07) is 5.93. The van der Waals surface area contributed by atoms with E-state index in [1.54, 1.807) is 45.0 Å². The SMILES string of the molecule is CCOC(=O)C[C@@H](C(=O)OCC)[C@@H](NC(=O)[C@H](NC(=O)OCc1ccccc1)C(C)C)C(=O)O. The Morgan fingerprint density at radius 1 is 0.882 bits per heavy atom. The van der Waals surface area contributed by atoms with E-state index in [-0.39, 0.29) is 19.8 Å². The van der Waals surface area contributed by atoms with Crippen molar-refractivity contribution in [1.82, 2.24) is 10.6 Å². The van der Waals surface area contributed by atoms with Crippen LogP contribution in [0.3, 0.4) is 0 Å². The highest BCUT2D eigenvalue weighted by molar-refractivity contribution is 5.93. The van der Waals surface area contributed by atoms with Gasteiger partial charge in [-0.05, 0) is 25.3 Å². The number of hydrogen-bond acceptors (Lipinski definition) is 8. The van der Waals surface area contributed by atoms with Crippen LogP contribution in [0.25, 0.3) is 0 Å². The molecule has 1 aromatic carbocycles. The molecule has 3 atom stereocenters. The highest BCUT2D eigenvalue weighted by Crippen LogP contribution is 2.15. The Labute approximate surface area is 198 Å². The topological polar surface area (TPSA) is 157 Å². The van der Waals surface area contributed by atoms with E-state index in [1.807, 2.05) is 6.07 Å². The molecule has 0 radical (unpaired) electrons. The maximum atomic E-state index is 12.9. The molecule has 0 heterocycles. The summed E-state index contributed by atoms with van der Waals surface area (Å²) < 4.78 is 14.8. The first-order valence-electron chi connectivity index (χ1n) is 10.9. The molecule has 0 saturated carbocycles. The smallest absolute Gasteiger partial charge is 0.408 e. The van der Waals surface area contributed by atoms with Crippen LogP contribution >= 0.6 is 0 Å². The van der Waals surface area contributed by atoms with Crippen LogP contribution in [0.1, 0.15) is 39.7 Å². The summed E-state index contributed by atoms with van der Waals surface area (Å²) in [5.74, 6) is -6.19. The van der Waals surface area contributed by atoms with Crippen molar-refractivity contribution >= 4 is 29.9 Å². The van der Waals surface area contributed by atoms with Gasteiger partial charge in [0.2, 0.25) is 5.91 Å². The van der Waals surface area contributed by atoms with Crippen molar-refractivity contribution in [3.05, 3.63) is 35.9 Å². The second-order valence-electron chi connectivity index (χ2n) is 7.62. The molecule has 2 amide bonds.